The molecule has 0 aromatic heterocycles. The summed E-state index contributed by atoms with van der Waals surface area (Å²) in [6, 6.07) is 21.2. The number of carbonyl (C=O) groups excluding carboxylic acids is 1. The largest absolute Gasteiger partial charge is 0.493 e. The Balaban J connectivity index is 1.57. The first-order chi connectivity index (χ1) is 14.5. The number of rotatable bonds is 9. The van der Waals surface area contributed by atoms with Crippen molar-refractivity contribution in [1.82, 2.24) is 5.43 Å². The molecule has 0 saturated carbocycles. The third-order valence-electron chi connectivity index (χ3n) is 4.27. The van der Waals surface area contributed by atoms with E-state index in [0.717, 1.165) is 22.5 Å². The van der Waals surface area contributed by atoms with Gasteiger partial charge in [0.2, 0.25) is 0 Å². The summed E-state index contributed by atoms with van der Waals surface area (Å²) < 4.78 is 11.9. The van der Waals surface area contributed by atoms with Gasteiger partial charge in [-0.05, 0) is 64.8 Å². The summed E-state index contributed by atoms with van der Waals surface area (Å²) in [5.74, 6) is 0.783. The highest BCUT2D eigenvalue weighted by Crippen LogP contribution is 2.36. The molecule has 0 aliphatic heterocycles. The molecule has 0 heterocycles. The third-order valence-corrected chi connectivity index (χ3v) is 4.86. The van der Waals surface area contributed by atoms with Crippen LogP contribution in [0, 0.1) is 6.92 Å². The highest BCUT2D eigenvalue weighted by Gasteiger charge is 2.14. The van der Waals surface area contributed by atoms with Crippen molar-refractivity contribution >= 4 is 33.2 Å². The number of hydrazine groups is 1. The molecular formula is C23H24BrN3O3. The van der Waals surface area contributed by atoms with Crippen molar-refractivity contribution in [3.05, 3.63) is 82.3 Å². The normalized spacial score (nSPS) is 10.4. The smallest absolute Gasteiger partial charge is 0.262 e. The van der Waals surface area contributed by atoms with E-state index in [9.17, 15) is 4.79 Å². The summed E-state index contributed by atoms with van der Waals surface area (Å²) in [4.78, 5) is 12.2. The molecule has 3 aromatic carbocycles. The second-order valence-corrected chi connectivity index (χ2v) is 7.51. The molecule has 7 heteroatoms. The van der Waals surface area contributed by atoms with Crippen LogP contribution in [0.3, 0.4) is 0 Å². The zero-order valence-corrected chi connectivity index (χ0v) is 18.5. The van der Waals surface area contributed by atoms with Crippen LogP contribution in [0.5, 0.6) is 11.5 Å². The zero-order valence-electron chi connectivity index (χ0n) is 16.9. The maximum Gasteiger partial charge on any atom is 0.262 e. The Hall–Kier alpha value is -3.03. The Morgan fingerprint density at radius 3 is 2.43 bits per heavy atom. The number of ether oxygens (including phenoxy) is 2. The second kappa shape index (κ2) is 10.7. The molecule has 156 valence electrons. The van der Waals surface area contributed by atoms with Crippen LogP contribution in [-0.4, -0.2) is 19.6 Å². The first-order valence-corrected chi connectivity index (χ1v) is 10.2. The number of anilines is 2. The number of aryl methyl sites for hydroxylation is 1. The number of halogens is 1. The summed E-state index contributed by atoms with van der Waals surface area (Å²) in [5.41, 5.74) is 10.1. The number of hydrogen-bond donors (Lipinski definition) is 3. The highest BCUT2D eigenvalue weighted by molar-refractivity contribution is 9.10. The van der Waals surface area contributed by atoms with Crippen molar-refractivity contribution in [2.75, 3.05) is 24.5 Å². The molecule has 0 bridgehead atoms. The van der Waals surface area contributed by atoms with Crippen LogP contribution in [0.15, 0.2) is 71.2 Å². The Morgan fingerprint density at radius 2 is 1.73 bits per heavy atom. The van der Waals surface area contributed by atoms with Gasteiger partial charge >= 0.3 is 0 Å². The molecule has 0 spiro atoms. The molecule has 0 atom stereocenters. The minimum absolute atomic E-state index is 0.129. The van der Waals surface area contributed by atoms with Gasteiger partial charge in [-0.1, -0.05) is 35.9 Å². The van der Waals surface area contributed by atoms with Gasteiger partial charge in [0.05, 0.1) is 11.6 Å². The second-order valence-electron chi connectivity index (χ2n) is 6.66. The van der Waals surface area contributed by atoms with E-state index in [-0.39, 0.29) is 12.5 Å². The first kappa shape index (κ1) is 21.7. The fourth-order valence-electron chi connectivity index (χ4n) is 2.76. The Kier molecular flexibility index (Phi) is 7.70. The van der Waals surface area contributed by atoms with E-state index in [4.69, 9.17) is 9.47 Å². The number of amides is 1. The average molecular weight is 470 g/mol. The van der Waals surface area contributed by atoms with Crippen LogP contribution in [0.1, 0.15) is 11.1 Å². The summed E-state index contributed by atoms with van der Waals surface area (Å²) >= 11 is 3.52. The molecule has 0 saturated heterocycles. The molecule has 0 unspecified atom stereocenters. The van der Waals surface area contributed by atoms with Crippen LogP contribution in [-0.2, 0) is 11.3 Å². The molecule has 0 fully saturated rings. The van der Waals surface area contributed by atoms with E-state index >= 15 is 0 Å². The average Bonchev–Trinajstić information content (AvgIpc) is 2.75. The van der Waals surface area contributed by atoms with Gasteiger partial charge in [-0.3, -0.25) is 4.79 Å². The Labute approximate surface area is 184 Å². The molecule has 3 N–H and O–H groups in total. The van der Waals surface area contributed by atoms with Gasteiger partial charge in [0.25, 0.3) is 5.91 Å². The molecule has 0 aliphatic rings. The minimum atomic E-state index is -0.245. The number of benzene rings is 3. The van der Waals surface area contributed by atoms with Gasteiger partial charge in [0.1, 0.15) is 0 Å². The van der Waals surface area contributed by atoms with Gasteiger partial charge in [-0.2, -0.15) is 0 Å². The molecular weight excluding hydrogens is 446 g/mol. The van der Waals surface area contributed by atoms with E-state index in [2.05, 4.69) is 32.1 Å². The van der Waals surface area contributed by atoms with Crippen molar-refractivity contribution in [3.8, 4) is 11.5 Å². The first-order valence-electron chi connectivity index (χ1n) is 9.45. The van der Waals surface area contributed by atoms with Crippen molar-refractivity contribution in [3.63, 3.8) is 0 Å². The maximum absolute atomic E-state index is 12.2. The van der Waals surface area contributed by atoms with Gasteiger partial charge in [-0.25, -0.2) is 5.43 Å². The van der Waals surface area contributed by atoms with E-state index in [1.165, 1.54) is 0 Å². The van der Waals surface area contributed by atoms with Crippen LogP contribution >= 0.6 is 15.9 Å². The monoisotopic (exact) mass is 469 g/mol. The lowest BCUT2D eigenvalue weighted by Gasteiger charge is -2.15. The van der Waals surface area contributed by atoms with Crippen molar-refractivity contribution in [2.45, 2.75) is 13.5 Å². The lowest BCUT2D eigenvalue weighted by molar-refractivity contribution is -0.118. The Morgan fingerprint density at radius 1 is 1.00 bits per heavy atom. The SMILES string of the molecule is COc1cc(CNNc2ccccc2)cc(Br)c1OCC(=O)Nc1ccc(C)cc1. The van der Waals surface area contributed by atoms with Crippen molar-refractivity contribution in [1.29, 1.82) is 0 Å². The molecule has 3 aromatic rings. The van der Waals surface area contributed by atoms with Gasteiger partial charge < -0.3 is 20.2 Å². The van der Waals surface area contributed by atoms with Crippen molar-refractivity contribution < 1.29 is 14.3 Å². The Bertz CT molecular complexity index is 979. The lowest BCUT2D eigenvalue weighted by Crippen LogP contribution is -2.21. The fourth-order valence-corrected chi connectivity index (χ4v) is 3.36. The maximum atomic E-state index is 12.2. The molecule has 30 heavy (non-hydrogen) atoms. The summed E-state index contributed by atoms with van der Waals surface area (Å²) in [6.45, 7) is 2.43. The van der Waals surface area contributed by atoms with Crippen LogP contribution < -0.4 is 25.6 Å². The number of nitrogens with one attached hydrogen (secondary N) is 3. The van der Waals surface area contributed by atoms with Crippen LogP contribution in [0.4, 0.5) is 11.4 Å². The zero-order chi connectivity index (χ0) is 21.3. The summed E-state index contributed by atoms with van der Waals surface area (Å²) in [6.07, 6.45) is 0. The van der Waals surface area contributed by atoms with Gasteiger partial charge in [0, 0.05) is 17.9 Å². The van der Waals surface area contributed by atoms with E-state index in [1.54, 1.807) is 7.11 Å². The standard InChI is InChI=1S/C23H24BrN3O3/c1-16-8-10-18(11-9-16)26-22(28)15-30-23-20(24)12-17(13-21(23)29-2)14-25-27-19-6-4-3-5-7-19/h3-13,25,27H,14-15H2,1-2H3,(H,26,28). The fraction of sp³-hybridized carbons (Fsp3) is 0.174. The third kappa shape index (κ3) is 6.23. The molecule has 0 aliphatic carbocycles. The summed E-state index contributed by atoms with van der Waals surface area (Å²) in [7, 11) is 1.57. The number of carbonyl (C=O) groups is 1. The molecule has 0 radical (unpaired) electrons. The lowest BCUT2D eigenvalue weighted by atomic mass is 10.2. The highest BCUT2D eigenvalue weighted by atomic mass is 79.9. The quantitative estimate of drug-likeness (QED) is 0.388. The van der Waals surface area contributed by atoms with Crippen LogP contribution in [0.25, 0.3) is 0 Å². The number of hydrogen-bond acceptors (Lipinski definition) is 5. The van der Waals surface area contributed by atoms with Gasteiger partial charge in [0.15, 0.2) is 18.1 Å². The predicted molar refractivity (Wildman–Crippen MR) is 123 cm³/mol. The molecule has 1 amide bonds. The predicted octanol–water partition coefficient (Wildman–Crippen LogP) is 4.90. The van der Waals surface area contributed by atoms with Gasteiger partial charge in [-0.15, -0.1) is 0 Å². The van der Waals surface area contributed by atoms with Crippen LogP contribution in [0.2, 0.25) is 0 Å². The minimum Gasteiger partial charge on any atom is -0.493 e. The topological polar surface area (TPSA) is 71.6 Å². The summed E-state index contributed by atoms with van der Waals surface area (Å²) in [5, 5.41) is 2.81. The van der Waals surface area contributed by atoms with E-state index < -0.39 is 0 Å². The van der Waals surface area contributed by atoms with Crippen molar-refractivity contribution in [2.24, 2.45) is 0 Å². The molecule has 3 rings (SSSR count). The molecule has 6 nitrogen and oxygen atoms in total. The number of methoxy groups -OCH3 is 1. The van der Waals surface area contributed by atoms with E-state index in [1.807, 2.05) is 73.7 Å². The number of para-hydroxylation sites is 1. The van der Waals surface area contributed by atoms with E-state index in [0.29, 0.717) is 22.5 Å².